The fourth-order valence-electron chi connectivity index (χ4n) is 2.36. The van der Waals surface area contributed by atoms with Gasteiger partial charge in [0.2, 0.25) is 0 Å². The number of para-hydroxylation sites is 1. The third-order valence-corrected chi connectivity index (χ3v) is 3.48. The van der Waals surface area contributed by atoms with Crippen LogP contribution in [-0.2, 0) is 0 Å². The minimum Gasteiger partial charge on any atom is -0.507 e. The Hall–Kier alpha value is -2.94. The highest BCUT2D eigenvalue weighted by Gasteiger charge is 2.07. The van der Waals surface area contributed by atoms with Gasteiger partial charge in [0.25, 0.3) is 0 Å². The molecule has 0 fully saturated rings. The Labute approximate surface area is 128 Å². The fourth-order valence-corrected chi connectivity index (χ4v) is 2.36. The van der Waals surface area contributed by atoms with Crippen molar-refractivity contribution in [2.24, 2.45) is 0 Å². The maximum absolute atomic E-state index is 11.5. The molecule has 0 unspecified atom stereocenters. The van der Waals surface area contributed by atoms with Crippen LogP contribution in [0.1, 0.15) is 17.4 Å². The minimum absolute atomic E-state index is 0.0568. The number of carbonyl (C=O) groups is 1. The molecule has 0 atom stereocenters. The average molecular weight is 289 g/mol. The summed E-state index contributed by atoms with van der Waals surface area (Å²) >= 11 is 0. The lowest BCUT2D eigenvalue weighted by molar-refractivity contribution is 0.101. The van der Waals surface area contributed by atoms with Crippen molar-refractivity contribution in [2.45, 2.75) is 6.92 Å². The topological polar surface area (TPSA) is 50.2 Å². The van der Waals surface area contributed by atoms with Crippen molar-refractivity contribution >= 4 is 5.78 Å². The normalized spacial score (nSPS) is 10.4. The zero-order valence-electron chi connectivity index (χ0n) is 12.2. The number of pyridine rings is 1. The third kappa shape index (κ3) is 2.74. The average Bonchev–Trinajstić information content (AvgIpc) is 2.55. The molecular weight excluding hydrogens is 274 g/mol. The van der Waals surface area contributed by atoms with Gasteiger partial charge in [0.15, 0.2) is 5.78 Å². The summed E-state index contributed by atoms with van der Waals surface area (Å²) < 4.78 is 0. The Morgan fingerprint density at radius 1 is 0.909 bits per heavy atom. The van der Waals surface area contributed by atoms with E-state index in [0.29, 0.717) is 5.69 Å². The summed E-state index contributed by atoms with van der Waals surface area (Å²) in [4.78, 5) is 15.9. The van der Waals surface area contributed by atoms with Gasteiger partial charge in [-0.2, -0.15) is 0 Å². The number of phenols is 1. The summed E-state index contributed by atoms with van der Waals surface area (Å²) in [5.41, 5.74) is 3.77. The first-order valence-corrected chi connectivity index (χ1v) is 7.02. The summed E-state index contributed by atoms with van der Waals surface area (Å²) in [7, 11) is 0. The highest BCUT2D eigenvalue weighted by molar-refractivity contribution is 5.92. The minimum atomic E-state index is -0.0568. The highest BCUT2D eigenvalue weighted by atomic mass is 16.3. The zero-order chi connectivity index (χ0) is 15.5. The van der Waals surface area contributed by atoms with Crippen molar-refractivity contribution in [2.75, 3.05) is 0 Å². The Balaban J connectivity index is 2.07. The van der Waals surface area contributed by atoms with E-state index in [4.69, 9.17) is 0 Å². The van der Waals surface area contributed by atoms with Gasteiger partial charge in [-0.15, -0.1) is 0 Å². The third-order valence-electron chi connectivity index (χ3n) is 3.48. The quantitative estimate of drug-likeness (QED) is 0.730. The maximum Gasteiger partial charge on any atom is 0.178 e. The van der Waals surface area contributed by atoms with E-state index in [-0.39, 0.29) is 11.5 Å². The van der Waals surface area contributed by atoms with Crippen LogP contribution in [-0.4, -0.2) is 15.9 Å². The predicted molar refractivity (Wildman–Crippen MR) is 86.8 cm³/mol. The first-order valence-electron chi connectivity index (χ1n) is 7.02. The van der Waals surface area contributed by atoms with Crippen LogP contribution >= 0.6 is 0 Å². The molecule has 1 heterocycles. The zero-order valence-corrected chi connectivity index (χ0v) is 12.2. The molecule has 0 radical (unpaired) electrons. The molecule has 3 rings (SSSR count). The standard InChI is InChI=1S/C19H15NO2/c1-13(21)17-9-5-10-18(20-17)15-7-4-6-14(12-15)16-8-2-3-11-19(16)22/h2-12,22H,1H3. The molecule has 3 aromatic rings. The van der Waals surface area contributed by atoms with Crippen LogP contribution in [0, 0.1) is 0 Å². The molecule has 0 aliphatic carbocycles. The number of hydrogen-bond acceptors (Lipinski definition) is 3. The number of ketones is 1. The second-order valence-electron chi connectivity index (χ2n) is 5.06. The van der Waals surface area contributed by atoms with E-state index >= 15 is 0 Å². The van der Waals surface area contributed by atoms with Crippen LogP contribution in [0.25, 0.3) is 22.4 Å². The van der Waals surface area contributed by atoms with Gasteiger partial charge in [-0.25, -0.2) is 4.98 Å². The SMILES string of the molecule is CC(=O)c1cccc(-c2cccc(-c3ccccc3O)c2)n1. The Morgan fingerprint density at radius 3 is 2.41 bits per heavy atom. The molecule has 3 heteroatoms. The summed E-state index contributed by atoms with van der Waals surface area (Å²) in [6, 6.07) is 20.4. The Kier molecular flexibility index (Phi) is 3.71. The molecule has 108 valence electrons. The maximum atomic E-state index is 11.5. The van der Waals surface area contributed by atoms with E-state index in [2.05, 4.69) is 4.98 Å². The summed E-state index contributed by atoms with van der Waals surface area (Å²) in [6.07, 6.45) is 0. The van der Waals surface area contributed by atoms with E-state index in [1.54, 1.807) is 18.2 Å². The Bertz CT molecular complexity index is 840. The molecule has 0 spiro atoms. The number of aromatic hydroxyl groups is 1. The lowest BCUT2D eigenvalue weighted by atomic mass is 10.0. The van der Waals surface area contributed by atoms with Gasteiger partial charge in [0.05, 0.1) is 5.69 Å². The van der Waals surface area contributed by atoms with Crippen molar-refractivity contribution in [3.05, 3.63) is 72.4 Å². The van der Waals surface area contributed by atoms with Crippen LogP contribution in [0.5, 0.6) is 5.75 Å². The molecule has 1 aromatic heterocycles. The van der Waals surface area contributed by atoms with Gasteiger partial charge in [-0.3, -0.25) is 4.79 Å². The van der Waals surface area contributed by atoms with E-state index in [0.717, 1.165) is 22.4 Å². The summed E-state index contributed by atoms with van der Waals surface area (Å²) in [5, 5.41) is 9.98. The molecule has 0 aliphatic heterocycles. The molecule has 1 N–H and O–H groups in total. The van der Waals surface area contributed by atoms with Crippen molar-refractivity contribution in [1.29, 1.82) is 0 Å². The van der Waals surface area contributed by atoms with E-state index in [1.807, 2.05) is 48.5 Å². The molecule has 0 bridgehead atoms. The number of rotatable bonds is 3. The number of Topliss-reactive ketones (excluding diaryl/α,β-unsaturated/α-hetero) is 1. The van der Waals surface area contributed by atoms with Crippen molar-refractivity contribution < 1.29 is 9.90 Å². The van der Waals surface area contributed by atoms with Crippen LogP contribution in [0.2, 0.25) is 0 Å². The van der Waals surface area contributed by atoms with E-state index in [1.165, 1.54) is 6.92 Å². The molecular formula is C19H15NO2. The molecule has 2 aromatic carbocycles. The number of phenolic OH excluding ortho intramolecular Hbond substituents is 1. The fraction of sp³-hybridized carbons (Fsp3) is 0.0526. The number of aromatic nitrogens is 1. The van der Waals surface area contributed by atoms with Gasteiger partial charge in [0.1, 0.15) is 11.4 Å². The number of benzene rings is 2. The smallest absolute Gasteiger partial charge is 0.178 e. The van der Waals surface area contributed by atoms with E-state index < -0.39 is 0 Å². The second-order valence-corrected chi connectivity index (χ2v) is 5.06. The lowest BCUT2D eigenvalue weighted by Gasteiger charge is -2.08. The molecule has 0 amide bonds. The first kappa shape index (κ1) is 14.0. The predicted octanol–water partition coefficient (Wildman–Crippen LogP) is 4.32. The van der Waals surface area contributed by atoms with Gasteiger partial charge < -0.3 is 5.11 Å². The van der Waals surface area contributed by atoms with Crippen LogP contribution < -0.4 is 0 Å². The molecule has 0 saturated heterocycles. The highest BCUT2D eigenvalue weighted by Crippen LogP contribution is 2.31. The largest absolute Gasteiger partial charge is 0.507 e. The van der Waals surface area contributed by atoms with Crippen LogP contribution in [0.15, 0.2) is 66.7 Å². The van der Waals surface area contributed by atoms with Crippen molar-refractivity contribution in [3.8, 4) is 28.1 Å². The van der Waals surface area contributed by atoms with Crippen LogP contribution in [0.4, 0.5) is 0 Å². The number of nitrogens with zero attached hydrogens (tertiary/aromatic N) is 1. The summed E-state index contributed by atoms with van der Waals surface area (Å²) in [5.74, 6) is 0.184. The number of carbonyl (C=O) groups excluding carboxylic acids is 1. The monoisotopic (exact) mass is 289 g/mol. The first-order chi connectivity index (χ1) is 10.6. The second kappa shape index (κ2) is 5.82. The molecule has 0 saturated carbocycles. The van der Waals surface area contributed by atoms with Gasteiger partial charge >= 0.3 is 0 Å². The lowest BCUT2D eigenvalue weighted by Crippen LogP contribution is -1.97. The van der Waals surface area contributed by atoms with E-state index in [9.17, 15) is 9.90 Å². The number of hydrogen-bond donors (Lipinski definition) is 1. The molecule has 0 aliphatic rings. The van der Waals surface area contributed by atoms with Crippen molar-refractivity contribution in [3.63, 3.8) is 0 Å². The van der Waals surface area contributed by atoms with Gasteiger partial charge in [-0.1, -0.05) is 42.5 Å². The summed E-state index contributed by atoms with van der Waals surface area (Å²) in [6.45, 7) is 1.50. The van der Waals surface area contributed by atoms with Crippen molar-refractivity contribution in [1.82, 2.24) is 4.98 Å². The van der Waals surface area contributed by atoms with Gasteiger partial charge in [-0.05, 0) is 29.8 Å². The van der Waals surface area contributed by atoms with Crippen LogP contribution in [0.3, 0.4) is 0 Å². The molecule has 3 nitrogen and oxygen atoms in total. The Morgan fingerprint density at radius 2 is 1.64 bits per heavy atom. The van der Waals surface area contributed by atoms with Gasteiger partial charge in [0, 0.05) is 18.1 Å². The molecule has 22 heavy (non-hydrogen) atoms.